The van der Waals surface area contributed by atoms with Gasteiger partial charge in [-0.25, -0.2) is 4.79 Å². The Hall–Kier alpha value is -4.46. The van der Waals surface area contributed by atoms with Gasteiger partial charge in [-0.15, -0.1) is 0 Å². The summed E-state index contributed by atoms with van der Waals surface area (Å²) in [5.41, 5.74) is 1.13. The molecule has 1 N–H and O–H groups in total. The molecular formula is C29H26N2O6. The number of imide groups is 1. The Bertz CT molecular complexity index is 1330. The third-order valence-corrected chi connectivity index (χ3v) is 6.54. The Kier molecular flexibility index (Phi) is 6.98. The van der Waals surface area contributed by atoms with Crippen LogP contribution in [0.25, 0.3) is 0 Å². The van der Waals surface area contributed by atoms with Crippen molar-refractivity contribution in [1.82, 2.24) is 4.90 Å². The van der Waals surface area contributed by atoms with Gasteiger partial charge in [-0.3, -0.25) is 19.3 Å². The fraction of sp³-hybridized carbons (Fsp3) is 0.241. The average Bonchev–Trinajstić information content (AvgIpc) is 3.18. The summed E-state index contributed by atoms with van der Waals surface area (Å²) >= 11 is 0. The number of ether oxygens (including phenoxy) is 2. The Labute approximate surface area is 214 Å². The fourth-order valence-electron chi connectivity index (χ4n) is 4.70. The van der Waals surface area contributed by atoms with E-state index in [0.717, 1.165) is 32.1 Å². The van der Waals surface area contributed by atoms with E-state index in [1.807, 2.05) is 30.3 Å². The molecule has 0 atom stereocenters. The number of benzene rings is 3. The molecule has 1 fully saturated rings. The van der Waals surface area contributed by atoms with Crippen LogP contribution in [-0.4, -0.2) is 41.2 Å². The van der Waals surface area contributed by atoms with Gasteiger partial charge >= 0.3 is 5.97 Å². The molecule has 3 aromatic rings. The quantitative estimate of drug-likeness (QED) is 0.355. The molecule has 0 bridgehead atoms. The van der Waals surface area contributed by atoms with Crippen LogP contribution >= 0.6 is 0 Å². The minimum Gasteiger partial charge on any atom is -0.457 e. The molecule has 188 valence electrons. The number of rotatable bonds is 7. The number of hydrogen-bond acceptors (Lipinski definition) is 6. The van der Waals surface area contributed by atoms with Crippen molar-refractivity contribution in [3.63, 3.8) is 0 Å². The predicted octanol–water partition coefficient (Wildman–Crippen LogP) is 5.20. The largest absolute Gasteiger partial charge is 0.457 e. The maximum atomic E-state index is 13.0. The van der Waals surface area contributed by atoms with Crippen molar-refractivity contribution < 1.29 is 28.7 Å². The van der Waals surface area contributed by atoms with Crippen molar-refractivity contribution >= 4 is 29.4 Å². The van der Waals surface area contributed by atoms with Gasteiger partial charge in [0.1, 0.15) is 11.5 Å². The number of para-hydroxylation sites is 1. The van der Waals surface area contributed by atoms with Crippen LogP contribution in [0.4, 0.5) is 5.69 Å². The number of fused-ring (bicyclic) bond motifs is 1. The molecule has 0 aromatic heterocycles. The lowest BCUT2D eigenvalue weighted by Gasteiger charge is -2.29. The zero-order valence-electron chi connectivity index (χ0n) is 20.1. The molecule has 2 aliphatic rings. The third kappa shape index (κ3) is 5.38. The van der Waals surface area contributed by atoms with Gasteiger partial charge in [0.2, 0.25) is 0 Å². The SMILES string of the molecule is O=C(COC(=O)c1ccc2c(c1)C(=O)N(C1CCCCC1)C2=O)Nc1ccc(Oc2ccccc2)cc1. The fourth-order valence-corrected chi connectivity index (χ4v) is 4.70. The molecular weight excluding hydrogens is 472 g/mol. The van der Waals surface area contributed by atoms with Crippen LogP contribution in [0.1, 0.15) is 63.2 Å². The first-order valence-corrected chi connectivity index (χ1v) is 12.3. The first-order chi connectivity index (χ1) is 18.0. The van der Waals surface area contributed by atoms with E-state index in [1.54, 1.807) is 24.3 Å². The summed E-state index contributed by atoms with van der Waals surface area (Å²) in [6, 6.07) is 20.3. The zero-order chi connectivity index (χ0) is 25.8. The van der Waals surface area contributed by atoms with Crippen LogP contribution in [0.15, 0.2) is 72.8 Å². The summed E-state index contributed by atoms with van der Waals surface area (Å²) in [7, 11) is 0. The molecule has 1 heterocycles. The number of hydrogen-bond donors (Lipinski definition) is 1. The lowest BCUT2D eigenvalue weighted by molar-refractivity contribution is -0.119. The monoisotopic (exact) mass is 498 g/mol. The van der Waals surface area contributed by atoms with Gasteiger partial charge in [0.25, 0.3) is 17.7 Å². The van der Waals surface area contributed by atoms with Crippen LogP contribution in [-0.2, 0) is 9.53 Å². The van der Waals surface area contributed by atoms with Crippen molar-refractivity contribution in [3.8, 4) is 11.5 Å². The third-order valence-electron chi connectivity index (χ3n) is 6.54. The molecule has 8 nitrogen and oxygen atoms in total. The van der Waals surface area contributed by atoms with E-state index in [4.69, 9.17) is 9.47 Å². The molecule has 8 heteroatoms. The molecule has 1 aliphatic carbocycles. The molecule has 37 heavy (non-hydrogen) atoms. The highest BCUT2D eigenvalue weighted by Crippen LogP contribution is 2.31. The van der Waals surface area contributed by atoms with Crippen LogP contribution in [0.5, 0.6) is 11.5 Å². The number of nitrogens with one attached hydrogen (secondary N) is 1. The second-order valence-corrected chi connectivity index (χ2v) is 9.10. The standard InChI is InChI=1S/C29H26N2O6/c32-26(30-20-12-14-23(15-13-20)37-22-9-5-2-6-10-22)18-36-29(35)19-11-16-24-25(17-19)28(34)31(27(24)33)21-7-3-1-4-8-21/h2,5-6,9-17,21H,1,3-4,7-8,18H2,(H,30,32). The highest BCUT2D eigenvalue weighted by Gasteiger charge is 2.40. The van der Waals surface area contributed by atoms with Crippen LogP contribution in [0, 0.1) is 0 Å². The molecule has 0 spiro atoms. The molecule has 0 unspecified atom stereocenters. The molecule has 5 rings (SSSR count). The van der Waals surface area contributed by atoms with Gasteiger partial charge in [0.15, 0.2) is 6.61 Å². The lowest BCUT2D eigenvalue weighted by atomic mass is 9.94. The number of esters is 1. The molecule has 3 aromatic carbocycles. The number of nitrogens with zero attached hydrogens (tertiary/aromatic N) is 1. The average molecular weight is 499 g/mol. The highest BCUT2D eigenvalue weighted by atomic mass is 16.5. The van der Waals surface area contributed by atoms with E-state index in [1.165, 1.54) is 23.1 Å². The summed E-state index contributed by atoms with van der Waals surface area (Å²) in [6.45, 7) is -0.501. The van der Waals surface area contributed by atoms with Crippen LogP contribution in [0.2, 0.25) is 0 Å². The smallest absolute Gasteiger partial charge is 0.338 e. The first-order valence-electron chi connectivity index (χ1n) is 12.3. The van der Waals surface area contributed by atoms with Gasteiger partial charge in [-0.05, 0) is 67.4 Å². The van der Waals surface area contributed by atoms with Gasteiger partial charge < -0.3 is 14.8 Å². The number of anilines is 1. The Morgan fingerprint density at radius 3 is 2.22 bits per heavy atom. The lowest BCUT2D eigenvalue weighted by Crippen LogP contribution is -2.40. The second-order valence-electron chi connectivity index (χ2n) is 9.10. The minimum atomic E-state index is -0.749. The maximum Gasteiger partial charge on any atom is 0.338 e. The van der Waals surface area contributed by atoms with E-state index < -0.39 is 18.5 Å². The molecule has 1 saturated carbocycles. The van der Waals surface area contributed by atoms with Crippen molar-refractivity contribution in [2.45, 2.75) is 38.1 Å². The zero-order valence-corrected chi connectivity index (χ0v) is 20.1. The minimum absolute atomic E-state index is 0.0979. The normalized spacial score (nSPS) is 15.3. The summed E-state index contributed by atoms with van der Waals surface area (Å²) in [5, 5.41) is 2.66. The van der Waals surface area contributed by atoms with Crippen LogP contribution < -0.4 is 10.1 Å². The summed E-state index contributed by atoms with van der Waals surface area (Å²) in [4.78, 5) is 52.0. The number of carbonyl (C=O) groups is 4. The molecule has 0 saturated heterocycles. The van der Waals surface area contributed by atoms with E-state index in [0.29, 0.717) is 22.7 Å². The molecule has 3 amide bonds. The Balaban J connectivity index is 1.15. The summed E-state index contributed by atoms with van der Waals surface area (Å²) in [6.07, 6.45) is 4.69. The summed E-state index contributed by atoms with van der Waals surface area (Å²) in [5.74, 6) is -0.639. The summed E-state index contributed by atoms with van der Waals surface area (Å²) < 4.78 is 10.9. The second kappa shape index (κ2) is 10.7. The predicted molar refractivity (Wildman–Crippen MR) is 136 cm³/mol. The van der Waals surface area contributed by atoms with Crippen molar-refractivity contribution in [2.75, 3.05) is 11.9 Å². The van der Waals surface area contributed by atoms with Crippen molar-refractivity contribution in [3.05, 3.63) is 89.5 Å². The van der Waals surface area contributed by atoms with Crippen molar-refractivity contribution in [2.24, 2.45) is 0 Å². The Morgan fingerprint density at radius 1 is 0.811 bits per heavy atom. The molecule has 1 aliphatic heterocycles. The Morgan fingerprint density at radius 2 is 1.49 bits per heavy atom. The van der Waals surface area contributed by atoms with Crippen molar-refractivity contribution in [1.29, 1.82) is 0 Å². The van der Waals surface area contributed by atoms with Gasteiger partial charge in [0.05, 0.1) is 16.7 Å². The van der Waals surface area contributed by atoms with E-state index in [9.17, 15) is 19.2 Å². The van der Waals surface area contributed by atoms with E-state index in [-0.39, 0.29) is 29.0 Å². The molecule has 0 radical (unpaired) electrons. The van der Waals surface area contributed by atoms with E-state index in [2.05, 4.69) is 5.32 Å². The van der Waals surface area contributed by atoms with E-state index >= 15 is 0 Å². The number of amides is 3. The van der Waals surface area contributed by atoms with Gasteiger partial charge in [-0.1, -0.05) is 37.5 Å². The van der Waals surface area contributed by atoms with Crippen LogP contribution in [0.3, 0.4) is 0 Å². The van der Waals surface area contributed by atoms with Gasteiger partial charge in [0, 0.05) is 11.7 Å². The first kappa shape index (κ1) is 24.2. The topological polar surface area (TPSA) is 102 Å². The highest BCUT2D eigenvalue weighted by molar-refractivity contribution is 6.22. The maximum absolute atomic E-state index is 13.0. The number of carbonyl (C=O) groups excluding carboxylic acids is 4. The van der Waals surface area contributed by atoms with Gasteiger partial charge in [-0.2, -0.15) is 0 Å².